The van der Waals surface area contributed by atoms with E-state index in [4.69, 9.17) is 14.2 Å². The van der Waals surface area contributed by atoms with Crippen LogP contribution in [0.4, 0.5) is 11.4 Å². The lowest BCUT2D eigenvalue weighted by molar-refractivity contribution is -0.268. The molecule has 3 N–H and O–H groups in total. The summed E-state index contributed by atoms with van der Waals surface area (Å²) in [5.41, 5.74) is 3.91. The topological polar surface area (TPSA) is 123 Å². The number of amides is 2. The van der Waals surface area contributed by atoms with Gasteiger partial charge in [-0.3, -0.25) is 14.4 Å². The first-order valence-corrected chi connectivity index (χ1v) is 14.7. The first-order chi connectivity index (χ1) is 20.1. The summed E-state index contributed by atoms with van der Waals surface area (Å²) in [5, 5.41) is 15.0. The van der Waals surface area contributed by atoms with E-state index in [2.05, 4.69) is 17.6 Å². The van der Waals surface area contributed by atoms with Crippen LogP contribution in [0.15, 0.2) is 77.7 Å². The Labute approximate surface area is 249 Å². The first kappa shape index (κ1) is 31.2. The predicted octanol–water partition coefficient (Wildman–Crippen LogP) is 5.61. The number of hydrogen-bond acceptors (Lipinski definition) is 8. The van der Waals surface area contributed by atoms with Gasteiger partial charge >= 0.3 is 5.97 Å². The second-order valence-corrected chi connectivity index (χ2v) is 11.3. The van der Waals surface area contributed by atoms with Crippen LogP contribution >= 0.6 is 11.8 Å². The van der Waals surface area contributed by atoms with Crippen molar-refractivity contribution in [2.75, 3.05) is 16.4 Å². The fourth-order valence-electron chi connectivity index (χ4n) is 4.60. The number of nitrogens with one attached hydrogen (secondary N) is 2. The van der Waals surface area contributed by atoms with E-state index < -0.39 is 24.3 Å². The van der Waals surface area contributed by atoms with Gasteiger partial charge in [0.25, 0.3) is 5.91 Å². The molecule has 0 spiro atoms. The van der Waals surface area contributed by atoms with Crippen LogP contribution in [0.3, 0.4) is 0 Å². The SMILES string of the molecule is CC(=O)Nc1ccc(SC[C@@H]2O[C@H](c3ccc(NC(=O)[C@H](C)OC(C)=O)cc3)O[C@H](c3ccc(CO)cc3)[C@@H]2C)cc1. The maximum absolute atomic E-state index is 12.3. The van der Waals surface area contributed by atoms with Gasteiger partial charge < -0.3 is 30.0 Å². The molecule has 3 aromatic rings. The minimum atomic E-state index is -0.911. The molecule has 5 atom stereocenters. The van der Waals surface area contributed by atoms with Crippen LogP contribution < -0.4 is 10.6 Å². The number of carbonyl (C=O) groups is 3. The molecule has 0 aromatic heterocycles. The first-order valence-electron chi connectivity index (χ1n) is 13.7. The molecule has 1 fully saturated rings. The van der Waals surface area contributed by atoms with Gasteiger partial charge in [0.15, 0.2) is 12.4 Å². The summed E-state index contributed by atoms with van der Waals surface area (Å²) in [6.45, 7) is 6.32. The Morgan fingerprint density at radius 3 is 2.07 bits per heavy atom. The number of hydrogen-bond donors (Lipinski definition) is 3. The number of carbonyl (C=O) groups excluding carboxylic acids is 3. The summed E-state index contributed by atoms with van der Waals surface area (Å²) in [5.74, 6) is -0.368. The highest BCUT2D eigenvalue weighted by Gasteiger charge is 2.38. The zero-order valence-electron chi connectivity index (χ0n) is 24.0. The Morgan fingerprint density at radius 1 is 0.881 bits per heavy atom. The molecule has 4 rings (SSSR count). The molecule has 10 heteroatoms. The van der Waals surface area contributed by atoms with Crippen molar-refractivity contribution in [3.8, 4) is 0 Å². The molecule has 0 unspecified atom stereocenters. The molecule has 0 bridgehead atoms. The highest BCUT2D eigenvalue weighted by atomic mass is 32.2. The van der Waals surface area contributed by atoms with Gasteiger partial charge in [0.05, 0.1) is 18.8 Å². The second kappa shape index (κ2) is 14.5. The number of aliphatic hydroxyl groups excluding tert-OH is 1. The van der Waals surface area contributed by atoms with Gasteiger partial charge in [-0.1, -0.05) is 43.3 Å². The summed E-state index contributed by atoms with van der Waals surface area (Å²) >= 11 is 1.67. The van der Waals surface area contributed by atoms with Crippen LogP contribution in [0.2, 0.25) is 0 Å². The van der Waals surface area contributed by atoms with E-state index in [0.29, 0.717) is 11.4 Å². The Kier molecular flexibility index (Phi) is 10.8. The average molecular weight is 593 g/mol. The van der Waals surface area contributed by atoms with Crippen LogP contribution in [0.1, 0.15) is 56.8 Å². The third-order valence-corrected chi connectivity index (χ3v) is 7.98. The Hall–Kier alpha value is -3.70. The lowest BCUT2D eigenvalue weighted by Crippen LogP contribution is -2.38. The molecular weight excluding hydrogens is 556 g/mol. The third-order valence-electron chi connectivity index (χ3n) is 6.87. The lowest BCUT2D eigenvalue weighted by Gasteiger charge is -2.41. The minimum absolute atomic E-state index is 0.0219. The van der Waals surface area contributed by atoms with Gasteiger partial charge in [0.2, 0.25) is 5.91 Å². The van der Waals surface area contributed by atoms with E-state index in [1.165, 1.54) is 20.8 Å². The summed E-state index contributed by atoms with van der Waals surface area (Å²) in [4.78, 5) is 35.9. The Balaban J connectivity index is 1.50. The van der Waals surface area contributed by atoms with Gasteiger partial charge in [-0.15, -0.1) is 11.8 Å². The number of thioether (sulfide) groups is 1. The number of rotatable bonds is 10. The highest BCUT2D eigenvalue weighted by molar-refractivity contribution is 7.99. The largest absolute Gasteiger partial charge is 0.453 e. The fourth-order valence-corrected chi connectivity index (χ4v) is 5.66. The van der Waals surface area contributed by atoms with Gasteiger partial charge in [0.1, 0.15) is 0 Å². The van der Waals surface area contributed by atoms with Crippen molar-refractivity contribution in [3.05, 3.63) is 89.5 Å². The van der Waals surface area contributed by atoms with E-state index in [-0.39, 0.29) is 30.6 Å². The molecule has 1 aliphatic heterocycles. The van der Waals surface area contributed by atoms with Crippen LogP contribution in [0, 0.1) is 5.92 Å². The molecule has 222 valence electrons. The molecule has 1 aliphatic rings. The van der Waals surface area contributed by atoms with Gasteiger partial charge in [-0.25, -0.2) is 0 Å². The zero-order valence-corrected chi connectivity index (χ0v) is 24.9. The maximum atomic E-state index is 12.3. The molecule has 2 amide bonds. The van der Waals surface area contributed by atoms with E-state index in [1.807, 2.05) is 60.7 Å². The van der Waals surface area contributed by atoms with Crippen molar-refractivity contribution < 1.29 is 33.7 Å². The fraction of sp³-hybridized carbons (Fsp3) is 0.344. The highest BCUT2D eigenvalue weighted by Crippen LogP contribution is 2.43. The van der Waals surface area contributed by atoms with Crippen molar-refractivity contribution in [3.63, 3.8) is 0 Å². The van der Waals surface area contributed by atoms with Crippen LogP contribution in [-0.4, -0.2) is 40.9 Å². The van der Waals surface area contributed by atoms with Gasteiger partial charge in [-0.05, 0) is 54.4 Å². The van der Waals surface area contributed by atoms with Crippen LogP contribution in [-0.2, 0) is 35.2 Å². The average Bonchev–Trinajstić information content (AvgIpc) is 2.97. The summed E-state index contributed by atoms with van der Waals surface area (Å²) in [6, 6.07) is 22.6. The second-order valence-electron chi connectivity index (χ2n) is 10.2. The van der Waals surface area contributed by atoms with E-state index in [1.54, 1.807) is 23.9 Å². The van der Waals surface area contributed by atoms with Gasteiger partial charge in [0, 0.05) is 47.4 Å². The predicted molar refractivity (Wildman–Crippen MR) is 161 cm³/mol. The molecule has 1 heterocycles. The Bertz CT molecular complexity index is 1360. The number of benzene rings is 3. The molecular formula is C32H36N2O7S. The van der Waals surface area contributed by atoms with Crippen molar-refractivity contribution in [2.24, 2.45) is 5.92 Å². The van der Waals surface area contributed by atoms with E-state index in [9.17, 15) is 19.5 Å². The van der Waals surface area contributed by atoms with Crippen molar-refractivity contribution in [1.82, 2.24) is 0 Å². The molecule has 9 nitrogen and oxygen atoms in total. The van der Waals surface area contributed by atoms with Crippen molar-refractivity contribution in [1.29, 1.82) is 0 Å². The van der Waals surface area contributed by atoms with Gasteiger partial charge in [-0.2, -0.15) is 0 Å². The number of esters is 1. The quantitative estimate of drug-likeness (QED) is 0.205. The number of anilines is 2. The maximum Gasteiger partial charge on any atom is 0.303 e. The monoisotopic (exact) mass is 592 g/mol. The van der Waals surface area contributed by atoms with E-state index in [0.717, 1.165) is 27.3 Å². The molecule has 0 saturated carbocycles. The summed E-state index contributed by atoms with van der Waals surface area (Å²) in [7, 11) is 0. The molecule has 0 radical (unpaired) electrons. The molecule has 42 heavy (non-hydrogen) atoms. The zero-order chi connectivity index (χ0) is 30.2. The number of ether oxygens (including phenoxy) is 3. The minimum Gasteiger partial charge on any atom is -0.453 e. The third kappa shape index (κ3) is 8.42. The molecule has 3 aromatic carbocycles. The van der Waals surface area contributed by atoms with Crippen molar-refractivity contribution >= 4 is 40.9 Å². The smallest absolute Gasteiger partial charge is 0.303 e. The Morgan fingerprint density at radius 2 is 1.48 bits per heavy atom. The standard InChI is InChI=1S/C32H36N2O7S/c1-19-29(18-42-28-15-13-26(14-16-28)33-21(3)36)40-32(41-30(19)24-7-5-23(17-35)6-8-24)25-9-11-27(12-10-25)34-31(38)20(2)39-22(4)37/h5-16,19-20,29-30,32,35H,17-18H2,1-4H3,(H,33,36)(H,34,38)/t19-,20+,29+,30+,32+/m1/s1. The lowest BCUT2D eigenvalue weighted by atomic mass is 9.91. The molecule has 1 saturated heterocycles. The van der Waals surface area contributed by atoms with E-state index >= 15 is 0 Å². The van der Waals surface area contributed by atoms with Crippen LogP contribution in [0.5, 0.6) is 0 Å². The normalized spacial score (nSPS) is 20.8. The summed E-state index contributed by atoms with van der Waals surface area (Å²) < 4.78 is 17.9. The van der Waals surface area contributed by atoms with Crippen LogP contribution in [0.25, 0.3) is 0 Å². The molecule has 0 aliphatic carbocycles. The summed E-state index contributed by atoms with van der Waals surface area (Å²) in [6.07, 6.45) is -1.98. The van der Waals surface area contributed by atoms with Crippen molar-refractivity contribution in [2.45, 2.75) is 63.8 Å². The number of aliphatic hydroxyl groups is 1.